The first-order valence-electron chi connectivity index (χ1n) is 13.6. The van der Waals surface area contributed by atoms with Crippen LogP contribution < -0.4 is 20.9 Å². The van der Waals surface area contributed by atoms with E-state index in [0.29, 0.717) is 35.6 Å². The van der Waals surface area contributed by atoms with Gasteiger partial charge in [-0.05, 0) is 71.6 Å². The van der Waals surface area contributed by atoms with E-state index in [0.717, 1.165) is 21.9 Å². The number of benzene rings is 4. The third-order valence-electron chi connectivity index (χ3n) is 7.76. The van der Waals surface area contributed by atoms with Crippen LogP contribution in [0, 0.1) is 12.8 Å². The molecule has 0 aliphatic carbocycles. The topological polar surface area (TPSA) is 95.7 Å². The Morgan fingerprint density at radius 3 is 2.35 bits per heavy atom. The zero-order valence-corrected chi connectivity index (χ0v) is 23.1. The van der Waals surface area contributed by atoms with E-state index >= 15 is 0 Å². The number of nitrogens with two attached hydrogens (primary N) is 1. The molecule has 3 N–H and O–H groups in total. The lowest BCUT2D eigenvalue weighted by Crippen LogP contribution is -2.53. The molecule has 4 aromatic carbocycles. The number of rotatable bonds is 6. The van der Waals surface area contributed by atoms with E-state index in [9.17, 15) is 14.4 Å². The van der Waals surface area contributed by atoms with Gasteiger partial charge in [0, 0.05) is 17.2 Å². The van der Waals surface area contributed by atoms with Gasteiger partial charge in [-0.2, -0.15) is 0 Å². The predicted octanol–water partition coefficient (Wildman–Crippen LogP) is 5.45. The van der Waals surface area contributed by atoms with Crippen molar-refractivity contribution in [2.24, 2.45) is 5.92 Å². The number of aryl methyl sites for hydroxylation is 1. The van der Waals surface area contributed by atoms with Crippen LogP contribution in [0.5, 0.6) is 0 Å². The van der Waals surface area contributed by atoms with Crippen molar-refractivity contribution in [3.05, 3.63) is 102 Å². The van der Waals surface area contributed by atoms with Crippen molar-refractivity contribution in [3.8, 4) is 0 Å². The Labute approximate surface area is 234 Å². The number of amides is 3. The molecule has 0 spiro atoms. The SMILES string of the molecule is CC[C@@H](C)C(=O)N[C@H]1CN(C(=O)c2ccc(N)cc2)c2ccccc2N(Cc2c(C)ccc3ccccc23)C1=O. The average molecular weight is 535 g/mol. The quantitative estimate of drug-likeness (QED) is 0.321. The van der Waals surface area contributed by atoms with Gasteiger partial charge in [-0.3, -0.25) is 14.4 Å². The second kappa shape index (κ2) is 11.2. The van der Waals surface area contributed by atoms with Crippen LogP contribution in [-0.2, 0) is 16.1 Å². The van der Waals surface area contributed by atoms with Crippen molar-refractivity contribution in [3.63, 3.8) is 0 Å². The highest BCUT2D eigenvalue weighted by Crippen LogP contribution is 2.36. The fraction of sp³-hybridized carbons (Fsp3) is 0.242. The molecule has 7 heteroatoms. The second-order valence-electron chi connectivity index (χ2n) is 10.4. The molecular formula is C33H34N4O3. The molecule has 4 aromatic rings. The van der Waals surface area contributed by atoms with Crippen molar-refractivity contribution < 1.29 is 14.4 Å². The van der Waals surface area contributed by atoms with Crippen LogP contribution in [-0.4, -0.2) is 30.3 Å². The van der Waals surface area contributed by atoms with Gasteiger partial charge >= 0.3 is 0 Å². The van der Waals surface area contributed by atoms with Gasteiger partial charge in [0.15, 0.2) is 0 Å². The molecule has 7 nitrogen and oxygen atoms in total. The summed E-state index contributed by atoms with van der Waals surface area (Å²) in [6, 6.07) is 25.4. The van der Waals surface area contributed by atoms with Crippen LogP contribution in [0.4, 0.5) is 17.1 Å². The van der Waals surface area contributed by atoms with Gasteiger partial charge in [0.25, 0.3) is 11.8 Å². The summed E-state index contributed by atoms with van der Waals surface area (Å²) < 4.78 is 0. The summed E-state index contributed by atoms with van der Waals surface area (Å²) >= 11 is 0. The van der Waals surface area contributed by atoms with Crippen LogP contribution in [0.15, 0.2) is 84.9 Å². The van der Waals surface area contributed by atoms with Crippen molar-refractivity contribution in [1.82, 2.24) is 5.32 Å². The lowest BCUT2D eigenvalue weighted by atomic mass is 9.99. The van der Waals surface area contributed by atoms with E-state index in [1.54, 1.807) is 34.1 Å². The van der Waals surface area contributed by atoms with Gasteiger partial charge in [-0.25, -0.2) is 0 Å². The predicted molar refractivity (Wildman–Crippen MR) is 160 cm³/mol. The number of hydrogen-bond donors (Lipinski definition) is 2. The third kappa shape index (κ3) is 5.15. The van der Waals surface area contributed by atoms with Crippen LogP contribution in [0.3, 0.4) is 0 Å². The lowest BCUT2D eigenvalue weighted by Gasteiger charge is -2.27. The number of carbonyl (C=O) groups excluding carboxylic acids is 3. The zero-order valence-electron chi connectivity index (χ0n) is 23.1. The van der Waals surface area contributed by atoms with Crippen LogP contribution in [0.1, 0.15) is 41.8 Å². The first-order valence-corrected chi connectivity index (χ1v) is 13.6. The Morgan fingerprint density at radius 2 is 1.62 bits per heavy atom. The summed E-state index contributed by atoms with van der Waals surface area (Å²) in [7, 11) is 0. The molecule has 0 saturated carbocycles. The molecule has 5 rings (SSSR count). The Balaban J connectivity index is 1.63. The normalized spacial score (nSPS) is 15.9. The largest absolute Gasteiger partial charge is 0.399 e. The molecule has 0 bridgehead atoms. The standard InChI is InChI=1S/C33H34N4O3/c1-4-21(2)31(38)35-28-20-37(32(39)24-15-17-25(34)18-16-24)30-12-8-7-11-29(30)36(33(28)40)19-27-22(3)13-14-23-9-5-6-10-26(23)27/h5-18,21,28H,4,19-20,34H2,1-3H3,(H,35,38)/t21-,28+/m1/s1. The molecular weight excluding hydrogens is 500 g/mol. The molecule has 0 fully saturated rings. The highest BCUT2D eigenvalue weighted by molar-refractivity contribution is 6.13. The number of hydrogen-bond acceptors (Lipinski definition) is 4. The maximum atomic E-state index is 14.3. The van der Waals surface area contributed by atoms with E-state index in [1.165, 1.54) is 0 Å². The summed E-state index contributed by atoms with van der Waals surface area (Å²) in [5, 5.41) is 5.11. The molecule has 0 radical (unpaired) electrons. The number of anilines is 3. The van der Waals surface area contributed by atoms with Gasteiger partial charge in [-0.15, -0.1) is 0 Å². The van der Waals surface area contributed by atoms with Crippen molar-refractivity contribution in [2.45, 2.75) is 39.8 Å². The molecule has 1 heterocycles. The molecule has 0 saturated heterocycles. The van der Waals surface area contributed by atoms with Crippen molar-refractivity contribution >= 4 is 45.6 Å². The molecule has 40 heavy (non-hydrogen) atoms. The van der Waals surface area contributed by atoms with Crippen molar-refractivity contribution in [1.29, 1.82) is 0 Å². The second-order valence-corrected chi connectivity index (χ2v) is 10.4. The van der Waals surface area contributed by atoms with E-state index in [-0.39, 0.29) is 30.2 Å². The van der Waals surface area contributed by atoms with Crippen molar-refractivity contribution in [2.75, 3.05) is 22.1 Å². The third-order valence-corrected chi connectivity index (χ3v) is 7.76. The molecule has 204 valence electrons. The Bertz CT molecular complexity index is 1580. The summed E-state index contributed by atoms with van der Waals surface area (Å²) in [6.45, 7) is 6.10. The first kappa shape index (κ1) is 26.9. The minimum atomic E-state index is -0.929. The number of carbonyl (C=O) groups is 3. The minimum absolute atomic E-state index is 0.00620. The molecule has 1 aliphatic rings. The maximum Gasteiger partial charge on any atom is 0.258 e. The van der Waals surface area contributed by atoms with E-state index in [1.807, 2.05) is 57.2 Å². The van der Waals surface area contributed by atoms with Crippen LogP contribution in [0.25, 0.3) is 10.8 Å². The summed E-state index contributed by atoms with van der Waals surface area (Å²) in [5.41, 5.74) is 10.2. The number of nitrogen functional groups attached to an aromatic ring is 1. The van der Waals surface area contributed by atoms with Gasteiger partial charge in [0.05, 0.1) is 24.5 Å². The smallest absolute Gasteiger partial charge is 0.258 e. The molecule has 1 aliphatic heterocycles. The van der Waals surface area contributed by atoms with E-state index in [4.69, 9.17) is 5.73 Å². The fourth-order valence-corrected chi connectivity index (χ4v) is 5.14. The zero-order chi connectivity index (χ0) is 28.4. The number of nitrogens with one attached hydrogen (secondary N) is 1. The first-order chi connectivity index (χ1) is 19.3. The maximum absolute atomic E-state index is 14.3. The Morgan fingerprint density at radius 1 is 0.950 bits per heavy atom. The molecule has 3 amide bonds. The Kier molecular flexibility index (Phi) is 7.56. The van der Waals surface area contributed by atoms with Crippen LogP contribution in [0.2, 0.25) is 0 Å². The lowest BCUT2D eigenvalue weighted by molar-refractivity contribution is -0.129. The summed E-state index contributed by atoms with van der Waals surface area (Å²) in [4.78, 5) is 44.6. The number of para-hydroxylation sites is 2. The fourth-order valence-electron chi connectivity index (χ4n) is 5.14. The van der Waals surface area contributed by atoms with Gasteiger partial charge in [0.1, 0.15) is 6.04 Å². The number of nitrogens with zero attached hydrogens (tertiary/aromatic N) is 2. The highest BCUT2D eigenvalue weighted by Gasteiger charge is 2.37. The molecule has 0 unspecified atom stereocenters. The monoisotopic (exact) mass is 534 g/mol. The summed E-state index contributed by atoms with van der Waals surface area (Å²) in [6.07, 6.45) is 0.639. The van der Waals surface area contributed by atoms with Gasteiger partial charge in [-0.1, -0.05) is 62.4 Å². The minimum Gasteiger partial charge on any atom is -0.399 e. The highest BCUT2D eigenvalue weighted by atomic mass is 16.2. The summed E-state index contributed by atoms with van der Waals surface area (Å²) in [5.74, 6) is -1.02. The molecule has 0 aromatic heterocycles. The Hall–Kier alpha value is -4.65. The van der Waals surface area contributed by atoms with Gasteiger partial charge in [0.2, 0.25) is 5.91 Å². The number of fused-ring (bicyclic) bond motifs is 2. The molecule has 2 atom stereocenters. The van der Waals surface area contributed by atoms with Gasteiger partial charge < -0.3 is 20.9 Å². The average Bonchev–Trinajstić information content (AvgIpc) is 3.08. The van der Waals surface area contributed by atoms with Crippen LogP contribution >= 0.6 is 0 Å². The van der Waals surface area contributed by atoms with E-state index in [2.05, 4.69) is 29.6 Å². The van der Waals surface area contributed by atoms with E-state index < -0.39 is 6.04 Å².